The van der Waals surface area contributed by atoms with Gasteiger partial charge in [-0.15, -0.1) is 0 Å². The number of phosphoric acid groups is 1. The van der Waals surface area contributed by atoms with Gasteiger partial charge >= 0.3 is 19.8 Å². The Bertz CT molecular complexity index is 825. The zero-order valence-corrected chi connectivity index (χ0v) is 32.6. The minimum absolute atomic E-state index is 0.0558. The van der Waals surface area contributed by atoms with Crippen molar-refractivity contribution >= 4 is 19.8 Å². The lowest BCUT2D eigenvalue weighted by molar-refractivity contribution is -0.161. The fourth-order valence-corrected chi connectivity index (χ4v) is 6.39. The molecule has 0 radical (unpaired) electrons. The van der Waals surface area contributed by atoms with Gasteiger partial charge in [-0.05, 0) is 38.5 Å². The van der Waals surface area contributed by atoms with E-state index in [0.29, 0.717) is 6.42 Å². The second-order valence-electron chi connectivity index (χ2n) is 13.5. The van der Waals surface area contributed by atoms with E-state index in [1.807, 2.05) is 0 Å². The van der Waals surface area contributed by atoms with E-state index in [0.717, 1.165) is 38.5 Å². The minimum atomic E-state index is -4.36. The number of carbonyl (C=O) groups is 2. The number of hydrogen-bond donors (Lipinski definition) is 2. The third-order valence-corrected chi connectivity index (χ3v) is 9.64. The van der Waals surface area contributed by atoms with Crippen LogP contribution in [0.15, 0.2) is 12.2 Å². The summed E-state index contributed by atoms with van der Waals surface area (Å²) in [7, 11) is -4.36. The molecule has 0 spiro atoms. The average Bonchev–Trinajstić information content (AvgIpc) is 3.08. The number of unbranched alkanes of at least 4 members (excludes halogenated alkanes) is 23. The highest BCUT2D eigenvalue weighted by Gasteiger charge is 2.26. The Hall–Kier alpha value is -1.25. The number of allylic oxidation sites excluding steroid dienone is 2. The van der Waals surface area contributed by atoms with Gasteiger partial charge in [0, 0.05) is 19.4 Å². The largest absolute Gasteiger partial charge is 0.472 e. The Balaban J connectivity index is 3.98. The van der Waals surface area contributed by atoms with Gasteiger partial charge in [0.05, 0.1) is 13.2 Å². The summed E-state index contributed by atoms with van der Waals surface area (Å²) in [6, 6.07) is 0. The Labute approximate surface area is 300 Å². The first-order valence-corrected chi connectivity index (χ1v) is 21.7. The summed E-state index contributed by atoms with van der Waals surface area (Å²) in [6.07, 6.45) is 35.6. The van der Waals surface area contributed by atoms with Crippen LogP contribution in [0.3, 0.4) is 0 Å². The van der Waals surface area contributed by atoms with Gasteiger partial charge in [-0.2, -0.15) is 0 Å². The zero-order valence-electron chi connectivity index (χ0n) is 31.7. The maximum absolute atomic E-state index is 12.4. The van der Waals surface area contributed by atoms with E-state index in [1.165, 1.54) is 122 Å². The van der Waals surface area contributed by atoms with E-state index in [-0.39, 0.29) is 38.6 Å². The van der Waals surface area contributed by atoms with Crippen molar-refractivity contribution in [3.8, 4) is 0 Å². The number of rotatable bonds is 38. The molecule has 0 saturated heterocycles. The SMILES string of the molecule is CCCCCCCC/C=C/CCCCCCCCCCCCCC(=O)OC[C@@H](COP(=O)(O)OCCN)OC(=O)CCCCCCCCC. The third-order valence-electron chi connectivity index (χ3n) is 8.65. The molecule has 2 atom stereocenters. The molecule has 9 nitrogen and oxygen atoms in total. The molecule has 0 aromatic carbocycles. The smallest absolute Gasteiger partial charge is 0.462 e. The van der Waals surface area contributed by atoms with Crippen LogP contribution >= 0.6 is 7.82 Å². The summed E-state index contributed by atoms with van der Waals surface area (Å²) < 4.78 is 32.5. The van der Waals surface area contributed by atoms with Crippen LogP contribution in [0.4, 0.5) is 0 Å². The molecule has 0 aromatic heterocycles. The van der Waals surface area contributed by atoms with Gasteiger partial charge in [0.1, 0.15) is 6.61 Å². The summed E-state index contributed by atoms with van der Waals surface area (Å²) in [5.41, 5.74) is 5.32. The van der Waals surface area contributed by atoms with Crippen molar-refractivity contribution in [3.05, 3.63) is 12.2 Å². The van der Waals surface area contributed by atoms with Crippen molar-refractivity contribution in [1.29, 1.82) is 0 Å². The molecule has 0 aliphatic heterocycles. The molecule has 49 heavy (non-hydrogen) atoms. The molecule has 0 bridgehead atoms. The van der Waals surface area contributed by atoms with Crippen LogP contribution in [0.2, 0.25) is 0 Å². The van der Waals surface area contributed by atoms with Crippen LogP contribution in [0.25, 0.3) is 0 Å². The number of phosphoric ester groups is 1. The number of nitrogens with two attached hydrogens (primary N) is 1. The molecule has 0 amide bonds. The summed E-state index contributed by atoms with van der Waals surface area (Å²) in [4.78, 5) is 34.6. The molecular weight excluding hydrogens is 641 g/mol. The summed E-state index contributed by atoms with van der Waals surface area (Å²) >= 11 is 0. The van der Waals surface area contributed by atoms with E-state index < -0.39 is 26.5 Å². The van der Waals surface area contributed by atoms with Crippen molar-refractivity contribution in [1.82, 2.24) is 0 Å². The molecule has 1 unspecified atom stereocenters. The van der Waals surface area contributed by atoms with Crippen molar-refractivity contribution < 1.29 is 37.6 Å². The molecule has 3 N–H and O–H groups in total. The Morgan fingerprint density at radius 1 is 0.592 bits per heavy atom. The highest BCUT2D eigenvalue weighted by atomic mass is 31.2. The summed E-state index contributed by atoms with van der Waals surface area (Å²) in [5.74, 6) is -0.830. The van der Waals surface area contributed by atoms with E-state index in [2.05, 4.69) is 26.0 Å². The molecule has 0 heterocycles. The van der Waals surface area contributed by atoms with Gasteiger partial charge in [0.25, 0.3) is 0 Å². The van der Waals surface area contributed by atoms with E-state index in [1.54, 1.807) is 0 Å². The topological polar surface area (TPSA) is 134 Å². The Kier molecular flexibility index (Phi) is 35.6. The van der Waals surface area contributed by atoms with Crippen LogP contribution in [0, 0.1) is 0 Å². The molecule has 0 aliphatic rings. The van der Waals surface area contributed by atoms with Crippen molar-refractivity contribution in [2.24, 2.45) is 5.73 Å². The molecule has 0 saturated carbocycles. The van der Waals surface area contributed by atoms with E-state index in [9.17, 15) is 19.0 Å². The average molecular weight is 718 g/mol. The highest BCUT2D eigenvalue weighted by molar-refractivity contribution is 7.47. The molecule has 0 rings (SSSR count). The summed E-state index contributed by atoms with van der Waals surface area (Å²) in [6.45, 7) is 3.68. The predicted molar refractivity (Wildman–Crippen MR) is 201 cm³/mol. The minimum Gasteiger partial charge on any atom is -0.462 e. The van der Waals surface area contributed by atoms with E-state index in [4.69, 9.17) is 24.3 Å². The molecule has 0 fully saturated rings. The number of ether oxygens (including phenoxy) is 2. The fourth-order valence-electron chi connectivity index (χ4n) is 5.63. The monoisotopic (exact) mass is 718 g/mol. The van der Waals surface area contributed by atoms with Crippen molar-refractivity contribution in [2.45, 2.75) is 200 Å². The van der Waals surface area contributed by atoms with Gasteiger partial charge in [-0.3, -0.25) is 18.6 Å². The van der Waals surface area contributed by atoms with Gasteiger partial charge in [-0.25, -0.2) is 4.57 Å². The lowest BCUT2D eigenvalue weighted by atomic mass is 10.0. The van der Waals surface area contributed by atoms with Crippen LogP contribution in [0.5, 0.6) is 0 Å². The number of carbonyl (C=O) groups excluding carboxylic acids is 2. The third kappa shape index (κ3) is 36.3. The van der Waals surface area contributed by atoms with Crippen molar-refractivity contribution in [2.75, 3.05) is 26.4 Å². The normalized spacial score (nSPS) is 13.5. The Morgan fingerprint density at radius 2 is 1.00 bits per heavy atom. The van der Waals surface area contributed by atoms with Crippen LogP contribution in [0.1, 0.15) is 194 Å². The van der Waals surface area contributed by atoms with Gasteiger partial charge in [-0.1, -0.05) is 154 Å². The summed E-state index contributed by atoms with van der Waals surface area (Å²) in [5, 5.41) is 0. The maximum atomic E-state index is 12.4. The molecule has 10 heteroatoms. The first-order valence-electron chi connectivity index (χ1n) is 20.2. The second-order valence-corrected chi connectivity index (χ2v) is 15.0. The van der Waals surface area contributed by atoms with Gasteiger partial charge in [0.15, 0.2) is 6.10 Å². The van der Waals surface area contributed by atoms with Crippen molar-refractivity contribution in [3.63, 3.8) is 0 Å². The quantitative estimate of drug-likeness (QED) is 0.0277. The zero-order chi connectivity index (χ0) is 36.1. The van der Waals surface area contributed by atoms with Gasteiger partial charge in [0.2, 0.25) is 0 Å². The van der Waals surface area contributed by atoms with Gasteiger partial charge < -0.3 is 20.1 Å². The Morgan fingerprint density at radius 3 is 1.45 bits per heavy atom. The number of hydrogen-bond acceptors (Lipinski definition) is 8. The lowest BCUT2D eigenvalue weighted by Crippen LogP contribution is -2.29. The molecule has 290 valence electrons. The second kappa shape index (κ2) is 36.5. The molecule has 0 aromatic rings. The van der Waals surface area contributed by atoms with Crippen LogP contribution < -0.4 is 5.73 Å². The lowest BCUT2D eigenvalue weighted by Gasteiger charge is -2.19. The highest BCUT2D eigenvalue weighted by Crippen LogP contribution is 2.43. The first-order chi connectivity index (χ1) is 23.8. The maximum Gasteiger partial charge on any atom is 0.472 e. The van der Waals surface area contributed by atoms with Crippen LogP contribution in [-0.4, -0.2) is 49.3 Å². The predicted octanol–water partition coefficient (Wildman–Crippen LogP) is 11.1. The standard InChI is InChI=1S/C39H76NO8P/c1-3-5-7-9-11-12-13-14-15-16-17-18-19-20-21-22-23-24-26-27-29-31-38(41)45-35-37(36-47-49(43,44)46-34-33-40)48-39(42)32-30-28-25-10-8-6-4-2/h14-15,37H,3-13,16-36,40H2,1-2H3,(H,43,44)/b15-14+/t37-/m0/s1. The number of esters is 2. The molecule has 0 aliphatic carbocycles. The first kappa shape index (κ1) is 47.8. The fraction of sp³-hybridized carbons (Fsp3) is 0.897. The van der Waals surface area contributed by atoms with Crippen LogP contribution in [-0.2, 0) is 32.7 Å². The van der Waals surface area contributed by atoms with E-state index >= 15 is 0 Å². The molecular formula is C39H76NO8P.